The fraction of sp³-hybridized carbons (Fsp3) is 0.261. The van der Waals surface area contributed by atoms with Gasteiger partial charge in [-0.3, -0.25) is 24.4 Å². The molecule has 0 bridgehead atoms. The lowest BCUT2D eigenvalue weighted by Crippen LogP contribution is -2.43. The van der Waals surface area contributed by atoms with Crippen LogP contribution in [0.5, 0.6) is 0 Å². The number of hydrogen-bond donors (Lipinski definition) is 1. The highest BCUT2D eigenvalue weighted by Gasteiger charge is 2.25. The molecule has 2 aliphatic rings. The molecule has 2 fully saturated rings. The summed E-state index contributed by atoms with van der Waals surface area (Å²) in [5.41, 5.74) is 5.03. The first kappa shape index (κ1) is 20.0. The fourth-order valence-corrected chi connectivity index (χ4v) is 4.60. The van der Waals surface area contributed by atoms with Crippen molar-refractivity contribution in [2.75, 3.05) is 33.2 Å². The Morgan fingerprint density at radius 3 is 2.55 bits per heavy atom. The van der Waals surface area contributed by atoms with Crippen molar-refractivity contribution in [3.63, 3.8) is 0 Å². The van der Waals surface area contributed by atoms with Crippen molar-refractivity contribution in [2.24, 2.45) is 0 Å². The van der Waals surface area contributed by atoms with Crippen LogP contribution < -0.4 is 5.32 Å². The summed E-state index contributed by atoms with van der Waals surface area (Å²) in [5.74, 6) is -0.348. The number of carbonyl (C=O) groups is 2. The molecule has 1 N–H and O–H groups in total. The number of carbonyl (C=O) groups excluding carboxylic acids is 2. The van der Waals surface area contributed by atoms with Gasteiger partial charge in [0, 0.05) is 38.4 Å². The van der Waals surface area contributed by atoms with Gasteiger partial charge in [0.2, 0.25) is 0 Å². The average molecular weight is 434 g/mol. The third-order valence-electron chi connectivity index (χ3n) is 5.73. The molecular formula is C23H23N5O2S. The number of fused-ring (bicyclic) bond motifs is 1. The van der Waals surface area contributed by atoms with Crippen molar-refractivity contribution >= 4 is 40.0 Å². The number of rotatable bonds is 4. The number of aromatic nitrogens is 2. The average Bonchev–Trinajstić information content (AvgIpc) is 3.32. The van der Waals surface area contributed by atoms with Crippen LogP contribution in [-0.2, 0) is 11.3 Å². The van der Waals surface area contributed by atoms with Crippen molar-refractivity contribution in [1.82, 2.24) is 24.7 Å². The standard InChI is InChI=1S/C23H23N5O2S/c1-26-8-10-27(11-9-26)14-16-2-5-18(6-3-16)28-15-24-19-7-4-17(12-20(19)28)13-21-22(29)25-23(30)31-21/h2-7,12-13,15H,8-11,14H2,1H3,(H,25,29,30). The topological polar surface area (TPSA) is 70.5 Å². The predicted molar refractivity (Wildman–Crippen MR) is 123 cm³/mol. The normalized spacial score (nSPS) is 19.5. The highest BCUT2D eigenvalue weighted by Crippen LogP contribution is 2.27. The number of imidazole rings is 1. The number of hydrogen-bond acceptors (Lipinski definition) is 6. The van der Waals surface area contributed by atoms with Crippen molar-refractivity contribution < 1.29 is 9.59 Å². The summed E-state index contributed by atoms with van der Waals surface area (Å²) in [5, 5.41) is 1.95. The summed E-state index contributed by atoms with van der Waals surface area (Å²) in [4.78, 5) is 33.0. The van der Waals surface area contributed by atoms with Gasteiger partial charge in [-0.05, 0) is 60.3 Å². The zero-order valence-electron chi connectivity index (χ0n) is 17.2. The Morgan fingerprint density at radius 1 is 1.06 bits per heavy atom. The Bertz CT molecular complexity index is 1180. The summed E-state index contributed by atoms with van der Waals surface area (Å²) in [6, 6.07) is 14.4. The van der Waals surface area contributed by atoms with Gasteiger partial charge < -0.3 is 4.90 Å². The zero-order valence-corrected chi connectivity index (χ0v) is 18.1. The minimum atomic E-state index is -0.348. The van der Waals surface area contributed by atoms with Crippen molar-refractivity contribution in [3.8, 4) is 5.69 Å². The Kier molecular flexibility index (Phi) is 5.35. The Balaban J connectivity index is 1.38. The minimum Gasteiger partial charge on any atom is -0.304 e. The molecule has 0 atom stereocenters. The van der Waals surface area contributed by atoms with E-state index >= 15 is 0 Å². The van der Waals surface area contributed by atoms with Crippen LogP contribution in [0.2, 0.25) is 0 Å². The number of likely N-dealkylation sites (N-methyl/N-ethyl adjacent to an activating group) is 1. The number of thioether (sulfide) groups is 1. The van der Waals surface area contributed by atoms with Gasteiger partial charge in [0.15, 0.2) is 0 Å². The highest BCUT2D eigenvalue weighted by molar-refractivity contribution is 8.18. The van der Waals surface area contributed by atoms with Gasteiger partial charge in [-0.25, -0.2) is 4.98 Å². The summed E-state index contributed by atoms with van der Waals surface area (Å²) in [6.07, 6.45) is 3.55. The quantitative estimate of drug-likeness (QED) is 0.638. The Labute approximate surface area is 184 Å². The van der Waals surface area contributed by atoms with Gasteiger partial charge in [-0.2, -0.15) is 0 Å². The first-order valence-electron chi connectivity index (χ1n) is 10.3. The van der Waals surface area contributed by atoms with Gasteiger partial charge >= 0.3 is 0 Å². The lowest BCUT2D eigenvalue weighted by molar-refractivity contribution is -0.115. The van der Waals surface area contributed by atoms with Gasteiger partial charge in [0.1, 0.15) is 6.33 Å². The van der Waals surface area contributed by atoms with Gasteiger partial charge in [-0.15, -0.1) is 0 Å². The van der Waals surface area contributed by atoms with E-state index in [4.69, 9.17) is 0 Å². The minimum absolute atomic E-state index is 0.334. The van der Waals surface area contributed by atoms with Crippen LogP contribution in [0.15, 0.2) is 53.7 Å². The largest absolute Gasteiger partial charge is 0.304 e. The molecular weight excluding hydrogens is 410 g/mol. The van der Waals surface area contributed by atoms with E-state index in [-0.39, 0.29) is 11.1 Å². The van der Waals surface area contributed by atoms with Crippen LogP contribution in [0.1, 0.15) is 11.1 Å². The molecule has 158 valence electrons. The molecule has 2 aliphatic heterocycles. The molecule has 7 nitrogen and oxygen atoms in total. The molecule has 2 saturated heterocycles. The van der Waals surface area contributed by atoms with Crippen LogP contribution in [0.25, 0.3) is 22.8 Å². The molecule has 0 radical (unpaired) electrons. The number of imide groups is 1. The maximum Gasteiger partial charge on any atom is 0.290 e. The van der Waals surface area contributed by atoms with E-state index in [0.29, 0.717) is 4.91 Å². The number of piperazine rings is 1. The second-order valence-electron chi connectivity index (χ2n) is 7.96. The molecule has 0 aliphatic carbocycles. The maximum absolute atomic E-state index is 11.8. The monoisotopic (exact) mass is 433 g/mol. The maximum atomic E-state index is 11.8. The molecule has 0 unspecified atom stereocenters. The first-order chi connectivity index (χ1) is 15.0. The van der Waals surface area contributed by atoms with E-state index in [1.165, 1.54) is 5.56 Å². The van der Waals surface area contributed by atoms with E-state index < -0.39 is 0 Å². The molecule has 0 spiro atoms. The van der Waals surface area contributed by atoms with E-state index in [1.807, 2.05) is 29.1 Å². The summed E-state index contributed by atoms with van der Waals surface area (Å²) in [6.45, 7) is 5.40. The number of nitrogens with one attached hydrogen (secondary N) is 1. The van der Waals surface area contributed by atoms with Crippen LogP contribution >= 0.6 is 11.8 Å². The van der Waals surface area contributed by atoms with E-state index in [0.717, 1.165) is 66.8 Å². The molecule has 31 heavy (non-hydrogen) atoms. The van der Waals surface area contributed by atoms with Gasteiger partial charge in [0.25, 0.3) is 11.1 Å². The molecule has 8 heteroatoms. The third-order valence-corrected chi connectivity index (χ3v) is 6.54. The van der Waals surface area contributed by atoms with Crippen molar-refractivity contribution in [2.45, 2.75) is 6.54 Å². The smallest absolute Gasteiger partial charge is 0.290 e. The summed E-state index contributed by atoms with van der Waals surface area (Å²) >= 11 is 0.925. The SMILES string of the molecule is CN1CCN(Cc2ccc(-n3cnc4ccc(C=C5SC(=O)NC5=O)cc43)cc2)CC1. The highest BCUT2D eigenvalue weighted by atomic mass is 32.2. The van der Waals surface area contributed by atoms with Crippen LogP contribution in [0.3, 0.4) is 0 Å². The Morgan fingerprint density at radius 2 is 1.84 bits per heavy atom. The van der Waals surface area contributed by atoms with Crippen molar-refractivity contribution in [3.05, 3.63) is 64.8 Å². The lowest BCUT2D eigenvalue weighted by atomic mass is 10.1. The number of benzene rings is 2. The molecule has 3 heterocycles. The van der Waals surface area contributed by atoms with Crippen LogP contribution in [-0.4, -0.2) is 63.7 Å². The van der Waals surface area contributed by atoms with Crippen LogP contribution in [0, 0.1) is 0 Å². The number of nitrogens with zero attached hydrogens (tertiary/aromatic N) is 4. The molecule has 0 saturated carbocycles. The Hall–Kier alpha value is -2.94. The molecule has 2 aromatic carbocycles. The first-order valence-corrected chi connectivity index (χ1v) is 11.1. The number of amides is 2. The molecule has 5 rings (SSSR count). The molecule has 2 amide bonds. The molecule has 3 aromatic rings. The summed E-state index contributed by atoms with van der Waals surface area (Å²) < 4.78 is 2.05. The third kappa shape index (κ3) is 4.27. The second kappa shape index (κ2) is 8.30. The fourth-order valence-electron chi connectivity index (χ4n) is 3.92. The lowest BCUT2D eigenvalue weighted by Gasteiger charge is -2.32. The van der Waals surface area contributed by atoms with E-state index in [1.54, 1.807) is 6.08 Å². The van der Waals surface area contributed by atoms with Crippen molar-refractivity contribution in [1.29, 1.82) is 0 Å². The zero-order chi connectivity index (χ0) is 21.4. The van der Waals surface area contributed by atoms with Gasteiger partial charge in [-0.1, -0.05) is 18.2 Å². The molecule has 1 aromatic heterocycles. The van der Waals surface area contributed by atoms with Gasteiger partial charge in [0.05, 0.1) is 15.9 Å². The van der Waals surface area contributed by atoms with E-state index in [2.05, 4.69) is 51.4 Å². The van der Waals surface area contributed by atoms with E-state index in [9.17, 15) is 9.59 Å². The predicted octanol–water partition coefficient (Wildman–Crippen LogP) is 3.10. The van der Waals surface area contributed by atoms with Crippen LogP contribution in [0.4, 0.5) is 4.79 Å². The summed E-state index contributed by atoms with van der Waals surface area (Å²) in [7, 11) is 2.17. The second-order valence-corrected chi connectivity index (χ2v) is 8.98.